The molecule has 2 aliphatic rings. The van der Waals surface area contributed by atoms with Gasteiger partial charge in [0.1, 0.15) is 0 Å². The van der Waals surface area contributed by atoms with Crippen LogP contribution in [0.1, 0.15) is 65.5 Å². The van der Waals surface area contributed by atoms with Crippen LogP contribution in [0.15, 0.2) is 181 Å². The predicted molar refractivity (Wildman–Crippen MR) is 267 cm³/mol. The fourth-order valence-electron chi connectivity index (χ4n) is 9.09. The molecule has 4 atom stereocenters. The predicted octanol–water partition coefficient (Wildman–Crippen LogP) is 10.2. The molecule has 4 aromatic heterocycles. The summed E-state index contributed by atoms with van der Waals surface area (Å²) in [6, 6.07) is 45.2. The number of benzene rings is 4. The van der Waals surface area contributed by atoms with Gasteiger partial charge in [-0.05, 0) is 113 Å². The van der Waals surface area contributed by atoms with Gasteiger partial charge in [0.05, 0.1) is 37.1 Å². The van der Waals surface area contributed by atoms with E-state index < -0.39 is 23.9 Å². The van der Waals surface area contributed by atoms with Crippen molar-refractivity contribution in [1.29, 1.82) is 0 Å². The molecule has 0 bridgehead atoms. The Labute approximate surface area is 403 Å². The first-order chi connectivity index (χ1) is 33.3. The third-order valence-corrected chi connectivity index (χ3v) is 14.1. The number of anilines is 2. The summed E-state index contributed by atoms with van der Waals surface area (Å²) in [4.78, 5) is 60.1. The maximum absolute atomic E-state index is 13.9. The van der Waals surface area contributed by atoms with Crippen LogP contribution >= 0.6 is 22.7 Å². The molecule has 0 fully saturated rings. The zero-order chi connectivity index (χ0) is 47.0. The number of nitrogens with zero attached hydrogens (tertiary/aromatic N) is 4. The van der Waals surface area contributed by atoms with Gasteiger partial charge in [0, 0.05) is 95.7 Å². The number of thiophene rings is 2. The van der Waals surface area contributed by atoms with Gasteiger partial charge in [-0.25, -0.2) is 0 Å². The van der Waals surface area contributed by atoms with Crippen LogP contribution < -0.4 is 10.6 Å². The first kappa shape index (κ1) is 45.8. The zero-order valence-corrected chi connectivity index (χ0v) is 39.1. The summed E-state index contributed by atoms with van der Waals surface area (Å²) in [7, 11) is 3.23. The second-order valence-corrected chi connectivity index (χ2v) is 18.2. The minimum atomic E-state index is -0.556. The quantitative estimate of drug-likeness (QED) is 0.112. The fraction of sp³-hybridized carbons (Fsp3) is 0.185. The van der Waals surface area contributed by atoms with Crippen LogP contribution in [0.25, 0.3) is 11.4 Å². The molecule has 4 amide bonds. The molecule has 2 N–H and O–H groups in total. The molecule has 4 unspecified atom stereocenters. The van der Waals surface area contributed by atoms with Crippen molar-refractivity contribution in [3.8, 4) is 11.4 Å². The van der Waals surface area contributed by atoms with Crippen molar-refractivity contribution in [3.05, 3.63) is 213 Å². The summed E-state index contributed by atoms with van der Waals surface area (Å²) in [6.45, 7) is 1.59. The van der Waals surface area contributed by atoms with Crippen LogP contribution in [-0.4, -0.2) is 83.1 Å². The summed E-state index contributed by atoms with van der Waals surface area (Å²) in [6.07, 6.45) is 7.88. The standard InChI is InChI=1S/2C27H25N3O3S/c1-33-16-15-30-25(23-12-7-17-34-23)24(21-10-2-3-11-22(21)27(30)32)26(31)28-19-8-6-9-20(18-19)29-13-4-5-14-29;1-33-17-16-30-25(23-9-6-18-34-23)24(21-7-2-3-8-22(21)27(30)32)26(31)28-19-10-12-20(13-11-19)29-14-4-5-15-29/h2-14,17-18,24-25H,15-16H2,1H3,(H,28,31);2-15,18,24-25H,16-17H2,1H3,(H,28,31). The van der Waals surface area contributed by atoms with E-state index in [9.17, 15) is 19.2 Å². The van der Waals surface area contributed by atoms with Crippen LogP contribution in [0, 0.1) is 0 Å². The number of rotatable bonds is 14. The van der Waals surface area contributed by atoms with Crippen molar-refractivity contribution >= 4 is 57.7 Å². The molecule has 0 saturated heterocycles. The number of methoxy groups -OCH3 is 2. The third-order valence-electron chi connectivity index (χ3n) is 12.2. The highest BCUT2D eigenvalue weighted by molar-refractivity contribution is 7.10. The summed E-state index contributed by atoms with van der Waals surface area (Å²) in [5.41, 5.74) is 6.02. The van der Waals surface area contributed by atoms with Crippen molar-refractivity contribution in [3.63, 3.8) is 0 Å². The lowest BCUT2D eigenvalue weighted by Gasteiger charge is -2.41. The fourth-order valence-corrected chi connectivity index (χ4v) is 10.8. The second-order valence-electron chi connectivity index (χ2n) is 16.3. The maximum atomic E-state index is 13.9. The molecule has 12 nitrogen and oxygen atoms in total. The minimum Gasteiger partial charge on any atom is -0.383 e. The molecular formula is C54H50N6O6S2. The minimum absolute atomic E-state index is 0.0776. The Morgan fingerprint density at radius 1 is 0.515 bits per heavy atom. The van der Waals surface area contributed by atoms with E-state index in [4.69, 9.17) is 9.47 Å². The van der Waals surface area contributed by atoms with Gasteiger partial charge in [0.25, 0.3) is 11.8 Å². The highest BCUT2D eigenvalue weighted by atomic mass is 32.1. The van der Waals surface area contributed by atoms with Gasteiger partial charge in [0.2, 0.25) is 11.8 Å². The molecule has 0 saturated carbocycles. The van der Waals surface area contributed by atoms with Crippen molar-refractivity contribution in [2.45, 2.75) is 23.9 Å². The van der Waals surface area contributed by atoms with Gasteiger partial charge >= 0.3 is 0 Å². The molecule has 0 spiro atoms. The van der Waals surface area contributed by atoms with Crippen molar-refractivity contribution < 1.29 is 28.7 Å². The molecular weight excluding hydrogens is 893 g/mol. The summed E-state index contributed by atoms with van der Waals surface area (Å²) >= 11 is 3.11. The maximum Gasteiger partial charge on any atom is 0.254 e. The van der Waals surface area contributed by atoms with Crippen LogP contribution in [0.5, 0.6) is 0 Å². The largest absolute Gasteiger partial charge is 0.383 e. The normalized spacial score (nSPS) is 17.4. The van der Waals surface area contributed by atoms with Crippen molar-refractivity contribution in [1.82, 2.24) is 18.9 Å². The molecule has 14 heteroatoms. The number of aromatic nitrogens is 2. The van der Waals surface area contributed by atoms with Gasteiger partial charge in [-0.2, -0.15) is 0 Å². The van der Waals surface area contributed by atoms with E-state index in [0.29, 0.717) is 48.8 Å². The zero-order valence-electron chi connectivity index (χ0n) is 37.5. The van der Waals surface area contributed by atoms with E-state index in [2.05, 4.69) is 10.6 Å². The van der Waals surface area contributed by atoms with Gasteiger partial charge in [0.15, 0.2) is 0 Å². The molecule has 8 aromatic rings. The number of fused-ring (bicyclic) bond motifs is 2. The average Bonchev–Trinajstić information content (AvgIpc) is 4.24. The Hall–Kier alpha value is -7.36. The molecule has 6 heterocycles. The Balaban J connectivity index is 0.000000170. The summed E-state index contributed by atoms with van der Waals surface area (Å²) < 4.78 is 14.6. The molecule has 0 aliphatic carbocycles. The smallest absolute Gasteiger partial charge is 0.254 e. The first-order valence-corrected chi connectivity index (χ1v) is 24.0. The molecule has 10 rings (SSSR count). The van der Waals surface area contributed by atoms with Crippen LogP contribution in [0.2, 0.25) is 0 Å². The summed E-state index contributed by atoms with van der Waals surface area (Å²) in [5, 5.41) is 10.2. The lowest BCUT2D eigenvalue weighted by molar-refractivity contribution is -0.120. The molecule has 0 radical (unpaired) electrons. The number of carbonyl (C=O) groups excluding carboxylic acids is 4. The van der Waals surface area contributed by atoms with E-state index in [0.717, 1.165) is 32.3 Å². The highest BCUT2D eigenvalue weighted by Gasteiger charge is 2.46. The Kier molecular flexibility index (Phi) is 14.2. The SMILES string of the molecule is COCCN1C(=O)c2ccccc2C(C(=O)Nc2ccc(-n3cccc3)cc2)C1c1cccs1.COCCN1C(=O)c2ccccc2C(C(=O)Nc2cccc(-n3cccc3)c2)C1c1cccs1. The van der Waals surface area contributed by atoms with Crippen molar-refractivity contribution in [2.75, 3.05) is 51.2 Å². The summed E-state index contributed by atoms with van der Waals surface area (Å²) in [5.74, 6) is -1.55. The number of nitrogens with one attached hydrogen (secondary N) is 2. The van der Waals surface area contributed by atoms with Gasteiger partial charge in [-0.3, -0.25) is 19.2 Å². The Morgan fingerprint density at radius 3 is 1.46 bits per heavy atom. The molecule has 344 valence electrons. The first-order valence-electron chi connectivity index (χ1n) is 22.3. The van der Waals surface area contributed by atoms with Crippen LogP contribution in [-0.2, 0) is 19.1 Å². The van der Waals surface area contributed by atoms with Gasteiger partial charge in [-0.1, -0.05) is 54.6 Å². The number of amides is 4. The van der Waals surface area contributed by atoms with Gasteiger partial charge in [-0.15, -0.1) is 22.7 Å². The molecule has 68 heavy (non-hydrogen) atoms. The van der Waals surface area contributed by atoms with E-state index in [1.807, 2.05) is 178 Å². The van der Waals surface area contributed by atoms with E-state index >= 15 is 0 Å². The number of hydrogen-bond acceptors (Lipinski definition) is 8. The Bertz CT molecular complexity index is 2950. The number of ether oxygens (including phenoxy) is 2. The topological polar surface area (TPSA) is 127 Å². The monoisotopic (exact) mass is 942 g/mol. The van der Waals surface area contributed by atoms with E-state index in [1.165, 1.54) is 0 Å². The van der Waals surface area contributed by atoms with E-state index in [-0.39, 0.29) is 23.6 Å². The molecule has 4 aromatic carbocycles. The van der Waals surface area contributed by atoms with Crippen molar-refractivity contribution in [2.24, 2.45) is 0 Å². The lowest BCUT2D eigenvalue weighted by Crippen LogP contribution is -2.47. The van der Waals surface area contributed by atoms with E-state index in [1.54, 1.807) is 58.8 Å². The molecule has 2 aliphatic heterocycles. The number of carbonyl (C=O) groups is 4. The Morgan fingerprint density at radius 2 is 0.985 bits per heavy atom. The van der Waals surface area contributed by atoms with Crippen LogP contribution in [0.4, 0.5) is 11.4 Å². The van der Waals surface area contributed by atoms with Crippen LogP contribution in [0.3, 0.4) is 0 Å². The second kappa shape index (κ2) is 21.1. The average molecular weight is 943 g/mol. The number of hydrogen-bond donors (Lipinski definition) is 2. The lowest BCUT2D eigenvalue weighted by atomic mass is 9.81. The van der Waals surface area contributed by atoms with Gasteiger partial charge < -0.3 is 39.0 Å². The highest BCUT2D eigenvalue weighted by Crippen LogP contribution is 2.46. The third kappa shape index (κ3) is 9.58.